The summed E-state index contributed by atoms with van der Waals surface area (Å²) >= 11 is 1.20. The van der Waals surface area contributed by atoms with Gasteiger partial charge in [-0.3, -0.25) is 20.0 Å². The molecule has 0 spiro atoms. The number of thioether (sulfide) groups is 1. The second-order valence-electron chi connectivity index (χ2n) is 7.54. The fourth-order valence-electron chi connectivity index (χ4n) is 3.41. The quantitative estimate of drug-likeness (QED) is 0.230. The Hall–Kier alpha value is -4.86. The molecule has 1 aromatic carbocycles. The molecule has 0 aliphatic carbocycles. The Kier molecular flexibility index (Phi) is 5.56. The van der Waals surface area contributed by atoms with Crippen molar-refractivity contribution in [3.8, 4) is 11.7 Å². The van der Waals surface area contributed by atoms with Crippen LogP contribution < -0.4 is 11.2 Å². The van der Waals surface area contributed by atoms with E-state index in [1.807, 2.05) is 0 Å². The van der Waals surface area contributed by atoms with Crippen LogP contribution in [0.3, 0.4) is 0 Å². The van der Waals surface area contributed by atoms with Gasteiger partial charge in [-0.2, -0.15) is 19.6 Å². The number of azo groups is 1. The van der Waals surface area contributed by atoms with E-state index in [-0.39, 0.29) is 51.5 Å². The second-order valence-corrected chi connectivity index (χ2v) is 8.48. The molecule has 0 radical (unpaired) electrons. The van der Waals surface area contributed by atoms with Gasteiger partial charge in [-0.25, -0.2) is 4.79 Å². The Morgan fingerprint density at radius 3 is 2.78 bits per heavy atom. The van der Waals surface area contributed by atoms with Crippen LogP contribution in [0, 0.1) is 24.0 Å². The van der Waals surface area contributed by atoms with Crippen LogP contribution in [0.5, 0.6) is 5.75 Å². The Morgan fingerprint density at radius 1 is 1.22 bits per heavy atom. The highest BCUT2D eigenvalue weighted by atomic mass is 32.2. The van der Waals surface area contributed by atoms with E-state index in [2.05, 4.69) is 30.6 Å². The van der Waals surface area contributed by atoms with Gasteiger partial charge in [-0.1, -0.05) is 17.8 Å². The van der Waals surface area contributed by atoms with E-state index in [9.17, 15) is 24.8 Å². The number of nitrogens with one attached hydrogen (secondary N) is 1. The first-order chi connectivity index (χ1) is 17.2. The number of non-ortho nitro benzene ring substituents is 1. The fraction of sp³-hybridized carbons (Fsp3) is 0.150. The van der Waals surface area contributed by atoms with Crippen molar-refractivity contribution in [3.63, 3.8) is 0 Å². The predicted octanol–water partition coefficient (Wildman–Crippen LogP) is 2.71. The first-order valence-electron chi connectivity index (χ1n) is 10.2. The van der Waals surface area contributed by atoms with E-state index in [1.165, 1.54) is 53.7 Å². The number of benzene rings is 1. The van der Waals surface area contributed by atoms with Gasteiger partial charge in [-0.15, -0.1) is 15.3 Å². The number of H-pyrrole nitrogens is 1. The smallest absolute Gasteiger partial charge is 0.348 e. The van der Waals surface area contributed by atoms with E-state index in [0.717, 1.165) is 4.68 Å². The molecule has 0 saturated carbocycles. The van der Waals surface area contributed by atoms with E-state index >= 15 is 0 Å². The van der Waals surface area contributed by atoms with Gasteiger partial charge < -0.3 is 9.52 Å². The summed E-state index contributed by atoms with van der Waals surface area (Å²) in [5.74, 6) is 0.158. The third-order valence-corrected chi connectivity index (χ3v) is 5.97. The zero-order chi connectivity index (χ0) is 25.6. The number of nitro benzene ring substituents is 1. The average Bonchev–Trinajstić information content (AvgIpc) is 3.37. The highest BCUT2D eigenvalue weighted by Crippen LogP contribution is 2.28. The van der Waals surface area contributed by atoms with E-state index in [1.54, 1.807) is 6.92 Å². The van der Waals surface area contributed by atoms with Crippen molar-refractivity contribution < 1.29 is 14.4 Å². The van der Waals surface area contributed by atoms with Crippen molar-refractivity contribution in [2.45, 2.75) is 19.0 Å². The predicted molar refractivity (Wildman–Crippen MR) is 126 cm³/mol. The Balaban J connectivity index is 1.54. The molecule has 16 heteroatoms. The molecule has 1 aliphatic rings. The van der Waals surface area contributed by atoms with Gasteiger partial charge in [0.2, 0.25) is 5.16 Å². The van der Waals surface area contributed by atoms with Crippen molar-refractivity contribution in [1.82, 2.24) is 24.7 Å². The molecule has 4 heterocycles. The Morgan fingerprint density at radius 2 is 2.03 bits per heavy atom. The Bertz CT molecular complexity index is 1710. The molecule has 0 saturated heterocycles. The van der Waals surface area contributed by atoms with Gasteiger partial charge in [0.05, 0.1) is 22.0 Å². The van der Waals surface area contributed by atoms with Crippen molar-refractivity contribution >= 4 is 34.5 Å². The molecule has 0 bridgehead atoms. The monoisotopic (exact) mass is 509 g/mol. The zero-order valence-electron chi connectivity index (χ0n) is 18.6. The van der Waals surface area contributed by atoms with Crippen molar-refractivity contribution in [1.29, 1.82) is 0 Å². The van der Waals surface area contributed by atoms with Crippen LogP contribution in [0.2, 0.25) is 0 Å². The summed E-state index contributed by atoms with van der Waals surface area (Å²) in [5.41, 5.74) is -0.938. The summed E-state index contributed by atoms with van der Waals surface area (Å²) < 4.78 is 7.39. The summed E-state index contributed by atoms with van der Waals surface area (Å²) in [4.78, 5) is 35.8. The maximum Gasteiger partial charge on any atom is 0.348 e. The van der Waals surface area contributed by atoms with E-state index in [4.69, 9.17) is 4.42 Å². The third-order valence-electron chi connectivity index (χ3n) is 5.04. The topological polar surface area (TPSA) is 199 Å². The van der Waals surface area contributed by atoms with Gasteiger partial charge in [0.15, 0.2) is 5.69 Å². The van der Waals surface area contributed by atoms with Crippen LogP contribution in [0.4, 0.5) is 17.1 Å². The first-order valence-corrected chi connectivity index (χ1v) is 11.2. The minimum atomic E-state index is -0.748. The second kappa shape index (κ2) is 8.73. The molecule has 0 amide bonds. The standard InChI is InChI=1S/C20H15N9O6S/c1-9-6-14(30)15(18(32)35-9)13-8-36-20-24-23-19(28(20)26-13)27-17(31)16(10(2)25-27)22-21-11-4-3-5-12(7-11)29(33)34/h3-7,25,30H,8H2,1-2H3. The van der Waals surface area contributed by atoms with Crippen LogP contribution in [-0.2, 0) is 0 Å². The first kappa shape index (κ1) is 22.9. The van der Waals surface area contributed by atoms with Crippen molar-refractivity contribution in [2.24, 2.45) is 15.3 Å². The molecule has 1 aliphatic heterocycles. The molecule has 15 nitrogen and oxygen atoms in total. The number of nitro groups is 1. The number of hydrogen-bond acceptors (Lipinski definition) is 12. The molecule has 182 valence electrons. The van der Waals surface area contributed by atoms with E-state index < -0.39 is 16.1 Å². The lowest BCUT2D eigenvalue weighted by molar-refractivity contribution is -0.384. The lowest BCUT2D eigenvalue weighted by Crippen LogP contribution is -2.23. The number of aromatic amines is 1. The summed E-state index contributed by atoms with van der Waals surface area (Å²) in [6.45, 7) is 3.12. The molecule has 5 rings (SSSR count). The van der Waals surface area contributed by atoms with Crippen LogP contribution >= 0.6 is 11.8 Å². The van der Waals surface area contributed by atoms with Gasteiger partial charge in [0, 0.05) is 24.0 Å². The summed E-state index contributed by atoms with van der Waals surface area (Å²) in [6, 6.07) is 6.82. The number of aromatic nitrogens is 5. The lowest BCUT2D eigenvalue weighted by atomic mass is 10.2. The SMILES string of the molecule is Cc1cc(O)c(C2=Nn3c(nnc3-n3[nH]c(C)c(N=Nc4cccc([N+](=O)[O-])c4)c3=O)SC2)c(=O)o1. The van der Waals surface area contributed by atoms with Crippen LogP contribution in [0.25, 0.3) is 5.95 Å². The lowest BCUT2D eigenvalue weighted by Gasteiger charge is -2.13. The van der Waals surface area contributed by atoms with Crippen LogP contribution in [0.15, 0.2) is 64.8 Å². The van der Waals surface area contributed by atoms with Gasteiger partial charge >= 0.3 is 11.2 Å². The molecule has 3 aromatic heterocycles. The minimum absolute atomic E-state index is 0.0180. The largest absolute Gasteiger partial charge is 0.507 e. The number of aromatic hydroxyl groups is 1. The average molecular weight is 509 g/mol. The van der Waals surface area contributed by atoms with Crippen LogP contribution in [-0.4, -0.2) is 46.1 Å². The number of aryl methyl sites for hydroxylation is 2. The normalized spacial score (nSPS) is 13.1. The van der Waals surface area contributed by atoms with Gasteiger partial charge in [-0.05, 0) is 19.9 Å². The van der Waals surface area contributed by atoms with Gasteiger partial charge in [0.1, 0.15) is 17.1 Å². The number of hydrogen-bond donors (Lipinski definition) is 2. The fourth-order valence-corrected chi connectivity index (χ4v) is 4.23. The summed E-state index contributed by atoms with van der Waals surface area (Å²) in [5, 5.41) is 44.8. The molecular formula is C20H15N9O6S. The maximum absolute atomic E-state index is 13.1. The molecule has 0 fully saturated rings. The Labute approximate surface area is 204 Å². The zero-order valence-corrected chi connectivity index (χ0v) is 19.4. The number of nitrogens with zero attached hydrogens (tertiary/aromatic N) is 8. The molecule has 0 unspecified atom stereocenters. The molecule has 0 atom stereocenters. The van der Waals surface area contributed by atoms with Crippen molar-refractivity contribution in [3.05, 3.63) is 78.2 Å². The van der Waals surface area contributed by atoms with Gasteiger partial charge in [0.25, 0.3) is 11.6 Å². The molecule has 4 aromatic rings. The van der Waals surface area contributed by atoms with E-state index in [0.29, 0.717) is 10.9 Å². The number of fused-ring (bicyclic) bond motifs is 1. The highest BCUT2D eigenvalue weighted by molar-refractivity contribution is 7.99. The molecule has 36 heavy (non-hydrogen) atoms. The van der Waals surface area contributed by atoms with Crippen LogP contribution in [0.1, 0.15) is 17.0 Å². The number of rotatable bonds is 5. The highest BCUT2D eigenvalue weighted by Gasteiger charge is 2.26. The maximum atomic E-state index is 13.1. The summed E-state index contributed by atoms with van der Waals surface area (Å²) in [6.07, 6.45) is 0. The molecular weight excluding hydrogens is 494 g/mol. The summed E-state index contributed by atoms with van der Waals surface area (Å²) in [7, 11) is 0. The molecule has 2 N–H and O–H groups in total. The van der Waals surface area contributed by atoms with Crippen molar-refractivity contribution in [2.75, 3.05) is 5.75 Å². The minimum Gasteiger partial charge on any atom is -0.507 e. The third kappa shape index (κ3) is 3.98.